The number of fused-ring (bicyclic) bond motifs is 1. The topological polar surface area (TPSA) is 61.9 Å². The highest BCUT2D eigenvalue weighted by Gasteiger charge is 2.20. The van der Waals surface area contributed by atoms with E-state index in [1.54, 1.807) is 12.4 Å². The summed E-state index contributed by atoms with van der Waals surface area (Å²) in [7, 11) is 0. The van der Waals surface area contributed by atoms with Crippen LogP contribution in [0.15, 0.2) is 29.3 Å². The first-order chi connectivity index (χ1) is 10.3. The lowest BCUT2D eigenvalue weighted by Gasteiger charge is -2.27. The first-order valence-corrected chi connectivity index (χ1v) is 7.52. The van der Waals surface area contributed by atoms with E-state index in [0.29, 0.717) is 5.82 Å². The molecule has 1 aliphatic rings. The van der Waals surface area contributed by atoms with Gasteiger partial charge in [0.25, 0.3) is 5.56 Å². The van der Waals surface area contributed by atoms with Gasteiger partial charge in [-0.1, -0.05) is 13.3 Å². The largest absolute Gasteiger partial charge is 0.306 e. The zero-order chi connectivity index (χ0) is 14.7. The van der Waals surface area contributed by atoms with Gasteiger partial charge in [0.05, 0.1) is 5.69 Å². The molecule has 0 atom stereocenters. The molecule has 0 spiro atoms. The van der Waals surface area contributed by atoms with Gasteiger partial charge in [-0.25, -0.2) is 4.98 Å². The highest BCUT2D eigenvalue weighted by atomic mass is 16.1. The van der Waals surface area contributed by atoms with E-state index in [-0.39, 0.29) is 5.56 Å². The Bertz CT molecular complexity index is 666. The predicted octanol–water partition coefficient (Wildman–Crippen LogP) is 1.99. The summed E-state index contributed by atoms with van der Waals surface area (Å²) in [6.07, 6.45) is 6.60. The van der Waals surface area contributed by atoms with Crippen LogP contribution < -0.4 is 5.56 Å². The second-order valence-electron chi connectivity index (χ2n) is 5.46. The van der Waals surface area contributed by atoms with Gasteiger partial charge in [-0.05, 0) is 31.5 Å². The summed E-state index contributed by atoms with van der Waals surface area (Å²) in [4.78, 5) is 26.3. The van der Waals surface area contributed by atoms with Gasteiger partial charge in [-0.3, -0.25) is 14.7 Å². The van der Waals surface area contributed by atoms with Crippen molar-refractivity contribution >= 4 is 0 Å². The van der Waals surface area contributed by atoms with Crippen LogP contribution in [0, 0.1) is 0 Å². The summed E-state index contributed by atoms with van der Waals surface area (Å²) >= 11 is 0. The van der Waals surface area contributed by atoms with Gasteiger partial charge >= 0.3 is 0 Å². The number of unbranched alkanes of at least 4 members (excludes halogenated alkanes) is 1. The third-order valence-corrected chi connectivity index (χ3v) is 3.92. The molecule has 110 valence electrons. The number of rotatable bonds is 4. The van der Waals surface area contributed by atoms with E-state index in [0.717, 1.165) is 42.9 Å². The molecule has 2 aromatic rings. The van der Waals surface area contributed by atoms with Gasteiger partial charge in [-0.15, -0.1) is 0 Å². The maximum Gasteiger partial charge on any atom is 0.254 e. The van der Waals surface area contributed by atoms with Crippen LogP contribution in [0.5, 0.6) is 0 Å². The number of pyridine rings is 1. The number of aromatic nitrogens is 3. The van der Waals surface area contributed by atoms with Crippen molar-refractivity contribution in [2.75, 3.05) is 13.1 Å². The number of hydrogen-bond acceptors (Lipinski definition) is 4. The SMILES string of the molecule is CCCCN1CCc2c(nc(-c3cccnc3)[nH]c2=O)C1. The lowest BCUT2D eigenvalue weighted by Crippen LogP contribution is -2.35. The fraction of sp³-hybridized carbons (Fsp3) is 0.438. The quantitative estimate of drug-likeness (QED) is 0.932. The summed E-state index contributed by atoms with van der Waals surface area (Å²) in [5.41, 5.74) is 2.60. The van der Waals surface area contributed by atoms with Crippen LogP contribution in [0.25, 0.3) is 11.4 Å². The van der Waals surface area contributed by atoms with Gasteiger partial charge in [0.1, 0.15) is 5.82 Å². The van der Waals surface area contributed by atoms with E-state index in [9.17, 15) is 4.79 Å². The summed E-state index contributed by atoms with van der Waals surface area (Å²) in [6.45, 7) is 4.99. The zero-order valence-electron chi connectivity index (χ0n) is 12.3. The van der Waals surface area contributed by atoms with Crippen LogP contribution in [-0.4, -0.2) is 32.9 Å². The van der Waals surface area contributed by atoms with Crippen LogP contribution in [0.3, 0.4) is 0 Å². The summed E-state index contributed by atoms with van der Waals surface area (Å²) in [6, 6.07) is 3.76. The lowest BCUT2D eigenvalue weighted by molar-refractivity contribution is 0.245. The van der Waals surface area contributed by atoms with Gasteiger partial charge in [-0.2, -0.15) is 0 Å². The minimum Gasteiger partial charge on any atom is -0.306 e. The summed E-state index contributed by atoms with van der Waals surface area (Å²) in [5, 5.41) is 0. The van der Waals surface area contributed by atoms with E-state index in [2.05, 4.69) is 26.8 Å². The molecule has 0 radical (unpaired) electrons. The molecule has 0 fully saturated rings. The molecule has 0 unspecified atom stereocenters. The van der Waals surface area contributed by atoms with Crippen LogP contribution in [0.2, 0.25) is 0 Å². The lowest BCUT2D eigenvalue weighted by atomic mass is 10.1. The van der Waals surface area contributed by atoms with E-state index in [1.807, 2.05) is 12.1 Å². The summed E-state index contributed by atoms with van der Waals surface area (Å²) < 4.78 is 0. The average Bonchev–Trinajstić information content (AvgIpc) is 2.53. The Morgan fingerprint density at radius 1 is 1.43 bits per heavy atom. The molecule has 3 rings (SSSR count). The van der Waals surface area contributed by atoms with E-state index < -0.39 is 0 Å². The first kappa shape index (κ1) is 13.9. The molecule has 0 saturated heterocycles. The third kappa shape index (κ3) is 3.03. The fourth-order valence-corrected chi connectivity index (χ4v) is 2.71. The van der Waals surface area contributed by atoms with Gasteiger partial charge in [0.2, 0.25) is 0 Å². The van der Waals surface area contributed by atoms with Crippen LogP contribution in [0.4, 0.5) is 0 Å². The zero-order valence-corrected chi connectivity index (χ0v) is 12.3. The monoisotopic (exact) mass is 284 g/mol. The molecule has 0 saturated carbocycles. The Morgan fingerprint density at radius 2 is 2.33 bits per heavy atom. The van der Waals surface area contributed by atoms with Crippen molar-refractivity contribution in [2.45, 2.75) is 32.7 Å². The Morgan fingerprint density at radius 3 is 3.10 bits per heavy atom. The minimum absolute atomic E-state index is 0.00556. The van der Waals surface area contributed by atoms with Crippen LogP contribution in [0.1, 0.15) is 31.0 Å². The second-order valence-corrected chi connectivity index (χ2v) is 5.46. The molecule has 0 amide bonds. The maximum absolute atomic E-state index is 12.2. The average molecular weight is 284 g/mol. The molecule has 0 aromatic carbocycles. The number of H-pyrrole nitrogens is 1. The van der Waals surface area contributed by atoms with Crippen LogP contribution in [-0.2, 0) is 13.0 Å². The number of nitrogens with zero attached hydrogens (tertiary/aromatic N) is 3. The Labute approximate surface area is 124 Å². The van der Waals surface area contributed by atoms with Gasteiger partial charge < -0.3 is 4.98 Å². The van der Waals surface area contributed by atoms with Crippen molar-refractivity contribution in [1.82, 2.24) is 19.9 Å². The van der Waals surface area contributed by atoms with E-state index >= 15 is 0 Å². The van der Waals surface area contributed by atoms with Crippen molar-refractivity contribution in [1.29, 1.82) is 0 Å². The van der Waals surface area contributed by atoms with Gasteiger partial charge in [0.15, 0.2) is 0 Å². The van der Waals surface area contributed by atoms with Crippen molar-refractivity contribution in [3.8, 4) is 11.4 Å². The smallest absolute Gasteiger partial charge is 0.254 e. The molecule has 3 heterocycles. The molecular weight excluding hydrogens is 264 g/mol. The number of aromatic amines is 1. The molecule has 5 heteroatoms. The molecule has 0 aliphatic carbocycles. The maximum atomic E-state index is 12.2. The number of nitrogens with one attached hydrogen (secondary N) is 1. The van der Waals surface area contributed by atoms with Crippen molar-refractivity contribution in [3.05, 3.63) is 46.1 Å². The van der Waals surface area contributed by atoms with E-state index in [1.165, 1.54) is 12.8 Å². The Hall–Kier alpha value is -2.01. The van der Waals surface area contributed by atoms with Crippen molar-refractivity contribution in [3.63, 3.8) is 0 Å². The standard InChI is InChI=1S/C16H20N4O/c1-2-3-8-20-9-6-13-14(11-20)18-15(19-16(13)21)12-5-4-7-17-10-12/h4-5,7,10H,2-3,6,8-9,11H2,1H3,(H,18,19,21). The second kappa shape index (κ2) is 6.18. The fourth-order valence-electron chi connectivity index (χ4n) is 2.71. The Balaban J connectivity index is 1.91. The molecule has 5 nitrogen and oxygen atoms in total. The van der Waals surface area contributed by atoms with Crippen molar-refractivity contribution < 1.29 is 0 Å². The molecule has 21 heavy (non-hydrogen) atoms. The van der Waals surface area contributed by atoms with Crippen LogP contribution >= 0.6 is 0 Å². The molecule has 1 N–H and O–H groups in total. The van der Waals surface area contributed by atoms with E-state index in [4.69, 9.17) is 0 Å². The highest BCUT2D eigenvalue weighted by molar-refractivity contribution is 5.53. The Kier molecular flexibility index (Phi) is 4.10. The summed E-state index contributed by atoms with van der Waals surface area (Å²) in [5.74, 6) is 0.615. The highest BCUT2D eigenvalue weighted by Crippen LogP contribution is 2.18. The number of hydrogen-bond donors (Lipinski definition) is 1. The predicted molar refractivity (Wildman–Crippen MR) is 82.0 cm³/mol. The van der Waals surface area contributed by atoms with Gasteiger partial charge in [0, 0.05) is 36.6 Å². The minimum atomic E-state index is -0.00556. The first-order valence-electron chi connectivity index (χ1n) is 7.52. The normalized spacial score (nSPS) is 14.9. The molecule has 1 aliphatic heterocycles. The van der Waals surface area contributed by atoms with Crippen molar-refractivity contribution in [2.24, 2.45) is 0 Å². The third-order valence-electron chi connectivity index (χ3n) is 3.92. The molecule has 0 bridgehead atoms. The molecule has 2 aromatic heterocycles. The molecular formula is C16H20N4O.